The number of benzene rings is 1. The third kappa shape index (κ3) is 5.35. The molecule has 1 rings (SSSR count). The summed E-state index contributed by atoms with van der Waals surface area (Å²) in [7, 11) is 0. The van der Waals surface area contributed by atoms with Gasteiger partial charge in [0.05, 0.1) is 0 Å². The van der Waals surface area contributed by atoms with Crippen LogP contribution in [0.1, 0.15) is 50.0 Å². The Kier molecular flexibility index (Phi) is 5.90. The van der Waals surface area contributed by atoms with Crippen molar-refractivity contribution < 1.29 is 4.79 Å². The standard InChI is InChI=1S/C16H25NO/c1-12(2)9-10-17-16(18)15-7-5-14(6-8-15)11-13(3)4/h5-8,12-13H,9-11H2,1-4H3,(H,17,18). The highest BCUT2D eigenvalue weighted by molar-refractivity contribution is 5.94. The molecule has 0 aliphatic heterocycles. The van der Waals surface area contributed by atoms with Gasteiger partial charge in [-0.1, -0.05) is 39.8 Å². The molecule has 0 aliphatic rings. The molecule has 1 aromatic rings. The quantitative estimate of drug-likeness (QED) is 0.816. The molecule has 0 saturated heterocycles. The van der Waals surface area contributed by atoms with Crippen molar-refractivity contribution in [1.29, 1.82) is 0 Å². The molecule has 1 aromatic carbocycles. The predicted octanol–water partition coefficient (Wildman–Crippen LogP) is 3.66. The lowest BCUT2D eigenvalue weighted by molar-refractivity contribution is 0.0952. The molecule has 0 spiro atoms. The first-order valence-electron chi connectivity index (χ1n) is 6.86. The molecule has 0 heterocycles. The Morgan fingerprint density at radius 2 is 1.67 bits per heavy atom. The predicted molar refractivity (Wildman–Crippen MR) is 76.8 cm³/mol. The van der Waals surface area contributed by atoms with Crippen LogP contribution < -0.4 is 5.32 Å². The molecule has 0 aliphatic carbocycles. The zero-order chi connectivity index (χ0) is 13.5. The fourth-order valence-electron chi connectivity index (χ4n) is 1.84. The summed E-state index contributed by atoms with van der Waals surface area (Å²) in [5, 5.41) is 2.95. The van der Waals surface area contributed by atoms with Gasteiger partial charge in [-0.15, -0.1) is 0 Å². The maximum atomic E-state index is 11.8. The van der Waals surface area contributed by atoms with Gasteiger partial charge < -0.3 is 5.32 Å². The van der Waals surface area contributed by atoms with E-state index in [1.807, 2.05) is 12.1 Å². The highest BCUT2D eigenvalue weighted by atomic mass is 16.1. The van der Waals surface area contributed by atoms with E-state index in [4.69, 9.17) is 0 Å². The number of hydrogen-bond acceptors (Lipinski definition) is 1. The van der Waals surface area contributed by atoms with E-state index in [1.54, 1.807) is 0 Å². The van der Waals surface area contributed by atoms with Crippen molar-refractivity contribution in [3.05, 3.63) is 35.4 Å². The van der Waals surface area contributed by atoms with Crippen molar-refractivity contribution in [2.75, 3.05) is 6.54 Å². The van der Waals surface area contributed by atoms with Crippen molar-refractivity contribution in [2.24, 2.45) is 11.8 Å². The second-order valence-corrected chi connectivity index (χ2v) is 5.73. The van der Waals surface area contributed by atoms with Crippen LogP contribution in [-0.4, -0.2) is 12.5 Å². The summed E-state index contributed by atoms with van der Waals surface area (Å²) >= 11 is 0. The maximum absolute atomic E-state index is 11.8. The summed E-state index contributed by atoms with van der Waals surface area (Å²) in [5.41, 5.74) is 2.05. The van der Waals surface area contributed by atoms with E-state index in [-0.39, 0.29) is 5.91 Å². The van der Waals surface area contributed by atoms with Gasteiger partial charge in [0.15, 0.2) is 0 Å². The first-order valence-corrected chi connectivity index (χ1v) is 6.86. The molecule has 18 heavy (non-hydrogen) atoms. The Hall–Kier alpha value is -1.31. The largest absolute Gasteiger partial charge is 0.352 e. The van der Waals surface area contributed by atoms with Gasteiger partial charge in [0, 0.05) is 12.1 Å². The topological polar surface area (TPSA) is 29.1 Å². The highest BCUT2D eigenvalue weighted by Gasteiger charge is 2.05. The summed E-state index contributed by atoms with van der Waals surface area (Å²) in [4.78, 5) is 11.8. The van der Waals surface area contributed by atoms with Crippen LogP contribution in [0, 0.1) is 11.8 Å². The lowest BCUT2D eigenvalue weighted by Crippen LogP contribution is -2.25. The number of carbonyl (C=O) groups is 1. The Morgan fingerprint density at radius 1 is 1.06 bits per heavy atom. The average molecular weight is 247 g/mol. The van der Waals surface area contributed by atoms with Gasteiger partial charge in [-0.05, 0) is 42.4 Å². The van der Waals surface area contributed by atoms with Crippen LogP contribution >= 0.6 is 0 Å². The summed E-state index contributed by atoms with van der Waals surface area (Å²) in [6.45, 7) is 9.48. The fraction of sp³-hybridized carbons (Fsp3) is 0.562. The fourth-order valence-corrected chi connectivity index (χ4v) is 1.84. The number of amides is 1. The molecule has 2 heteroatoms. The molecule has 0 bridgehead atoms. The van der Waals surface area contributed by atoms with Crippen LogP contribution in [-0.2, 0) is 6.42 Å². The molecule has 0 atom stereocenters. The summed E-state index contributed by atoms with van der Waals surface area (Å²) in [5.74, 6) is 1.31. The second kappa shape index (κ2) is 7.20. The van der Waals surface area contributed by atoms with E-state index >= 15 is 0 Å². The van der Waals surface area contributed by atoms with Gasteiger partial charge >= 0.3 is 0 Å². The SMILES string of the molecule is CC(C)CCNC(=O)c1ccc(CC(C)C)cc1. The molecule has 2 nitrogen and oxygen atoms in total. The summed E-state index contributed by atoms with van der Waals surface area (Å²) in [6.07, 6.45) is 2.09. The number of rotatable bonds is 6. The first-order chi connectivity index (χ1) is 8.49. The van der Waals surface area contributed by atoms with Gasteiger partial charge in [-0.2, -0.15) is 0 Å². The first kappa shape index (κ1) is 14.7. The van der Waals surface area contributed by atoms with E-state index in [0.717, 1.165) is 24.9 Å². The minimum absolute atomic E-state index is 0.0340. The third-order valence-electron chi connectivity index (χ3n) is 2.87. The van der Waals surface area contributed by atoms with Gasteiger partial charge in [-0.3, -0.25) is 4.79 Å². The summed E-state index contributed by atoms with van der Waals surface area (Å²) in [6, 6.07) is 7.94. The van der Waals surface area contributed by atoms with Crippen LogP contribution in [0.5, 0.6) is 0 Å². The van der Waals surface area contributed by atoms with Gasteiger partial charge in [0.2, 0.25) is 0 Å². The molecular weight excluding hydrogens is 222 g/mol. The Bertz CT molecular complexity index is 365. The summed E-state index contributed by atoms with van der Waals surface area (Å²) < 4.78 is 0. The lowest BCUT2D eigenvalue weighted by atomic mass is 10.0. The van der Waals surface area contributed by atoms with Crippen molar-refractivity contribution in [2.45, 2.75) is 40.5 Å². The molecule has 1 N–H and O–H groups in total. The van der Waals surface area contributed by atoms with E-state index in [2.05, 4.69) is 45.1 Å². The number of carbonyl (C=O) groups excluding carboxylic acids is 1. The minimum Gasteiger partial charge on any atom is -0.352 e. The molecule has 0 radical (unpaired) electrons. The maximum Gasteiger partial charge on any atom is 0.251 e. The van der Waals surface area contributed by atoms with Gasteiger partial charge in [0.1, 0.15) is 0 Å². The Morgan fingerprint density at radius 3 is 2.17 bits per heavy atom. The normalized spacial score (nSPS) is 11.0. The Balaban J connectivity index is 2.48. The Labute approximate surface area is 111 Å². The van der Waals surface area contributed by atoms with Gasteiger partial charge in [-0.25, -0.2) is 0 Å². The van der Waals surface area contributed by atoms with E-state index in [9.17, 15) is 4.79 Å². The second-order valence-electron chi connectivity index (χ2n) is 5.73. The number of hydrogen-bond donors (Lipinski definition) is 1. The van der Waals surface area contributed by atoms with Crippen molar-refractivity contribution in [3.63, 3.8) is 0 Å². The van der Waals surface area contributed by atoms with E-state index < -0.39 is 0 Å². The van der Waals surface area contributed by atoms with Crippen molar-refractivity contribution in [1.82, 2.24) is 5.32 Å². The zero-order valence-corrected chi connectivity index (χ0v) is 12.0. The molecule has 0 unspecified atom stereocenters. The lowest BCUT2D eigenvalue weighted by Gasteiger charge is -2.08. The van der Waals surface area contributed by atoms with Crippen LogP contribution in [0.4, 0.5) is 0 Å². The minimum atomic E-state index is 0.0340. The average Bonchev–Trinajstić information content (AvgIpc) is 2.28. The zero-order valence-electron chi connectivity index (χ0n) is 12.0. The molecule has 100 valence electrons. The van der Waals surface area contributed by atoms with Crippen LogP contribution in [0.3, 0.4) is 0 Å². The van der Waals surface area contributed by atoms with Crippen LogP contribution in [0.15, 0.2) is 24.3 Å². The third-order valence-corrected chi connectivity index (χ3v) is 2.87. The van der Waals surface area contributed by atoms with E-state index in [1.165, 1.54) is 5.56 Å². The monoisotopic (exact) mass is 247 g/mol. The van der Waals surface area contributed by atoms with E-state index in [0.29, 0.717) is 11.8 Å². The van der Waals surface area contributed by atoms with Crippen LogP contribution in [0.2, 0.25) is 0 Å². The van der Waals surface area contributed by atoms with Crippen molar-refractivity contribution in [3.8, 4) is 0 Å². The molecular formula is C16H25NO. The van der Waals surface area contributed by atoms with Crippen LogP contribution in [0.25, 0.3) is 0 Å². The smallest absolute Gasteiger partial charge is 0.251 e. The highest BCUT2D eigenvalue weighted by Crippen LogP contribution is 2.09. The van der Waals surface area contributed by atoms with Gasteiger partial charge in [0.25, 0.3) is 5.91 Å². The van der Waals surface area contributed by atoms with Crippen molar-refractivity contribution >= 4 is 5.91 Å². The molecule has 1 amide bonds. The molecule has 0 aromatic heterocycles. The molecule has 0 fully saturated rings. The number of nitrogens with one attached hydrogen (secondary N) is 1. The molecule has 0 saturated carbocycles.